The van der Waals surface area contributed by atoms with Crippen molar-refractivity contribution in [2.45, 2.75) is 12.8 Å². The number of benzene rings is 1. The van der Waals surface area contributed by atoms with Crippen LogP contribution in [-0.4, -0.2) is 33.9 Å². The predicted molar refractivity (Wildman–Crippen MR) is 71.1 cm³/mol. The van der Waals surface area contributed by atoms with Crippen LogP contribution in [-0.2, 0) is 9.53 Å². The minimum absolute atomic E-state index is 0.210. The molecule has 0 aliphatic rings. The van der Waals surface area contributed by atoms with Crippen LogP contribution in [0.1, 0.15) is 18.4 Å². The lowest BCUT2D eigenvalue weighted by Gasteiger charge is -2.15. The van der Waals surface area contributed by atoms with Crippen molar-refractivity contribution in [2.75, 3.05) is 27.9 Å². The minimum Gasteiger partial charge on any atom is -0.493 e. The number of ether oxygens (including phenoxy) is 4. The molecule has 1 rings (SSSR count). The highest BCUT2D eigenvalue weighted by Gasteiger charge is 2.25. The smallest absolute Gasteiger partial charge is 0.327 e. The van der Waals surface area contributed by atoms with Crippen LogP contribution in [0.2, 0.25) is 0 Å². The number of carbonyl (C=O) groups is 1. The first-order valence-corrected chi connectivity index (χ1v) is 5.99. The minimum atomic E-state index is -1.04. The summed E-state index contributed by atoms with van der Waals surface area (Å²) in [4.78, 5) is 11.8. The van der Waals surface area contributed by atoms with Crippen molar-refractivity contribution in [1.29, 1.82) is 5.26 Å². The molecule has 20 heavy (non-hydrogen) atoms. The molecule has 0 bridgehead atoms. The molecule has 108 valence electrons. The van der Waals surface area contributed by atoms with Gasteiger partial charge in [0.1, 0.15) is 0 Å². The number of methoxy groups -OCH3 is 3. The van der Waals surface area contributed by atoms with E-state index in [2.05, 4.69) is 0 Å². The zero-order valence-corrected chi connectivity index (χ0v) is 11.9. The number of nitrogens with zero attached hydrogens (tertiary/aromatic N) is 1. The topological polar surface area (TPSA) is 77.8 Å². The second kappa shape index (κ2) is 7.24. The SMILES string of the molecule is CCOC(=O)C(C#N)c1cc(OC)c(OC)c(OC)c1. The van der Waals surface area contributed by atoms with Crippen LogP contribution in [0.3, 0.4) is 0 Å². The summed E-state index contributed by atoms with van der Waals surface area (Å²) in [7, 11) is 4.41. The van der Waals surface area contributed by atoms with E-state index in [9.17, 15) is 4.79 Å². The molecule has 0 radical (unpaired) electrons. The molecule has 0 N–H and O–H groups in total. The van der Waals surface area contributed by atoms with Crippen molar-refractivity contribution in [3.63, 3.8) is 0 Å². The summed E-state index contributed by atoms with van der Waals surface area (Å²) >= 11 is 0. The molecule has 1 aromatic rings. The molecule has 0 aliphatic carbocycles. The lowest BCUT2D eigenvalue weighted by Crippen LogP contribution is -2.14. The molecule has 0 saturated carbocycles. The molecule has 0 fully saturated rings. The van der Waals surface area contributed by atoms with Gasteiger partial charge in [0.25, 0.3) is 0 Å². The maximum Gasteiger partial charge on any atom is 0.327 e. The van der Waals surface area contributed by atoms with Crippen LogP contribution in [0.25, 0.3) is 0 Å². The Kier molecular flexibility index (Phi) is 5.66. The zero-order chi connectivity index (χ0) is 15.1. The van der Waals surface area contributed by atoms with Crippen LogP contribution in [0.15, 0.2) is 12.1 Å². The van der Waals surface area contributed by atoms with Gasteiger partial charge in [-0.2, -0.15) is 5.26 Å². The van der Waals surface area contributed by atoms with E-state index in [-0.39, 0.29) is 6.61 Å². The zero-order valence-electron chi connectivity index (χ0n) is 11.9. The van der Waals surface area contributed by atoms with Crippen molar-refractivity contribution >= 4 is 5.97 Å². The van der Waals surface area contributed by atoms with Crippen LogP contribution in [0.5, 0.6) is 17.2 Å². The fraction of sp³-hybridized carbons (Fsp3) is 0.429. The summed E-state index contributed by atoms with van der Waals surface area (Å²) in [5, 5.41) is 9.17. The molecule has 6 nitrogen and oxygen atoms in total. The Balaban J connectivity index is 3.31. The van der Waals surface area contributed by atoms with Crippen molar-refractivity contribution < 1.29 is 23.7 Å². The maximum atomic E-state index is 11.8. The van der Waals surface area contributed by atoms with Crippen LogP contribution in [0.4, 0.5) is 0 Å². The third kappa shape index (κ3) is 3.12. The van der Waals surface area contributed by atoms with Gasteiger partial charge in [0, 0.05) is 0 Å². The molecular weight excluding hydrogens is 262 g/mol. The van der Waals surface area contributed by atoms with Crippen molar-refractivity contribution in [2.24, 2.45) is 0 Å². The Morgan fingerprint density at radius 2 is 1.75 bits per heavy atom. The Hall–Kier alpha value is -2.42. The predicted octanol–water partition coefficient (Wildman–Crippen LogP) is 1.88. The average molecular weight is 279 g/mol. The summed E-state index contributed by atoms with van der Waals surface area (Å²) < 4.78 is 20.4. The molecule has 0 saturated heterocycles. The molecule has 0 spiro atoms. The molecule has 0 amide bonds. The lowest BCUT2D eigenvalue weighted by atomic mass is 9.99. The number of nitriles is 1. The number of hydrogen-bond donors (Lipinski definition) is 0. The van der Waals surface area contributed by atoms with Gasteiger partial charge >= 0.3 is 5.97 Å². The average Bonchev–Trinajstić information content (AvgIpc) is 2.47. The Morgan fingerprint density at radius 1 is 1.20 bits per heavy atom. The fourth-order valence-corrected chi connectivity index (χ4v) is 1.76. The van der Waals surface area contributed by atoms with E-state index < -0.39 is 11.9 Å². The van der Waals surface area contributed by atoms with Crippen LogP contribution in [0, 0.1) is 11.3 Å². The quantitative estimate of drug-likeness (QED) is 0.740. The first-order valence-electron chi connectivity index (χ1n) is 5.99. The molecule has 6 heteroatoms. The number of hydrogen-bond acceptors (Lipinski definition) is 6. The summed E-state index contributed by atoms with van der Waals surface area (Å²) in [6, 6.07) is 5.04. The number of carbonyl (C=O) groups excluding carboxylic acids is 1. The molecule has 0 heterocycles. The van der Waals surface area contributed by atoms with Gasteiger partial charge in [-0.25, -0.2) is 0 Å². The van der Waals surface area contributed by atoms with Gasteiger partial charge in [-0.05, 0) is 24.6 Å². The van der Waals surface area contributed by atoms with E-state index in [0.29, 0.717) is 22.8 Å². The lowest BCUT2D eigenvalue weighted by molar-refractivity contribution is -0.143. The summed E-state index contributed by atoms with van der Waals surface area (Å²) in [6.07, 6.45) is 0. The highest BCUT2D eigenvalue weighted by molar-refractivity contribution is 5.82. The Labute approximate surface area is 117 Å². The Bertz CT molecular complexity index is 496. The third-order valence-corrected chi connectivity index (χ3v) is 2.67. The summed E-state index contributed by atoms with van der Waals surface area (Å²) in [5.41, 5.74) is 0.431. The van der Waals surface area contributed by atoms with E-state index in [4.69, 9.17) is 24.2 Å². The fourth-order valence-electron chi connectivity index (χ4n) is 1.76. The van der Waals surface area contributed by atoms with E-state index in [0.717, 1.165) is 0 Å². The monoisotopic (exact) mass is 279 g/mol. The highest BCUT2D eigenvalue weighted by Crippen LogP contribution is 2.40. The van der Waals surface area contributed by atoms with E-state index in [1.54, 1.807) is 19.1 Å². The van der Waals surface area contributed by atoms with Crippen molar-refractivity contribution in [3.05, 3.63) is 17.7 Å². The molecule has 1 aromatic carbocycles. The molecule has 0 aromatic heterocycles. The van der Waals surface area contributed by atoms with Gasteiger partial charge < -0.3 is 18.9 Å². The van der Waals surface area contributed by atoms with Crippen LogP contribution >= 0.6 is 0 Å². The normalized spacial score (nSPS) is 11.2. The van der Waals surface area contributed by atoms with Crippen molar-refractivity contribution in [1.82, 2.24) is 0 Å². The van der Waals surface area contributed by atoms with Gasteiger partial charge in [0.2, 0.25) is 5.75 Å². The first kappa shape index (κ1) is 15.6. The maximum absolute atomic E-state index is 11.8. The molecule has 1 unspecified atom stereocenters. The molecule has 1 atom stereocenters. The van der Waals surface area contributed by atoms with Crippen LogP contribution < -0.4 is 14.2 Å². The highest BCUT2D eigenvalue weighted by atomic mass is 16.5. The largest absolute Gasteiger partial charge is 0.493 e. The Morgan fingerprint density at radius 3 is 2.10 bits per heavy atom. The van der Waals surface area contributed by atoms with E-state index in [1.165, 1.54) is 21.3 Å². The second-order valence-electron chi connectivity index (χ2n) is 3.77. The number of esters is 1. The van der Waals surface area contributed by atoms with Gasteiger partial charge in [-0.15, -0.1) is 0 Å². The molecular formula is C14H17NO5. The van der Waals surface area contributed by atoms with Gasteiger partial charge in [-0.1, -0.05) is 0 Å². The van der Waals surface area contributed by atoms with Gasteiger partial charge in [0.05, 0.1) is 34.0 Å². The van der Waals surface area contributed by atoms with Gasteiger partial charge in [-0.3, -0.25) is 4.79 Å². The standard InChI is InChI=1S/C14H17NO5/c1-5-20-14(16)10(8-15)9-6-11(17-2)13(19-4)12(7-9)18-3/h6-7,10H,5H2,1-4H3. The number of rotatable bonds is 6. The second-order valence-corrected chi connectivity index (χ2v) is 3.77. The third-order valence-electron chi connectivity index (χ3n) is 2.67. The first-order chi connectivity index (χ1) is 9.62. The van der Waals surface area contributed by atoms with Gasteiger partial charge in [0.15, 0.2) is 17.4 Å². The summed E-state index contributed by atoms with van der Waals surface area (Å²) in [6.45, 7) is 1.89. The van der Waals surface area contributed by atoms with E-state index >= 15 is 0 Å². The van der Waals surface area contributed by atoms with E-state index in [1.807, 2.05) is 6.07 Å². The molecule has 0 aliphatic heterocycles. The van der Waals surface area contributed by atoms with Crippen molar-refractivity contribution in [3.8, 4) is 23.3 Å². The summed E-state index contributed by atoms with van der Waals surface area (Å²) in [5.74, 6) is -0.481.